The summed E-state index contributed by atoms with van der Waals surface area (Å²) in [6.45, 7) is 0. The van der Waals surface area contributed by atoms with Crippen molar-refractivity contribution in [3.63, 3.8) is 0 Å². The topological polar surface area (TPSA) is 62.2 Å². The number of amides is 1. The number of nitrogens with zero attached hydrogens (tertiary/aromatic N) is 2. The number of H-pyrrole nitrogens is 1. The zero-order chi connectivity index (χ0) is 17.9. The molecule has 2 N–H and O–H groups in total. The molecular formula is C21H18N4O. The van der Waals surface area contributed by atoms with Crippen LogP contribution in [-0.2, 0) is 7.05 Å². The number of hydrogen-bond acceptors (Lipinski definition) is 2. The number of nitrogens with one attached hydrogen (secondary N) is 2. The van der Waals surface area contributed by atoms with E-state index in [2.05, 4.69) is 15.5 Å². The van der Waals surface area contributed by atoms with Crippen LogP contribution in [0.4, 0.5) is 0 Å². The summed E-state index contributed by atoms with van der Waals surface area (Å²) in [6.07, 6.45) is 3.55. The van der Waals surface area contributed by atoms with Crippen molar-refractivity contribution in [1.82, 2.24) is 15.0 Å². The third kappa shape index (κ3) is 2.91. The van der Waals surface area contributed by atoms with Crippen molar-refractivity contribution in [1.29, 1.82) is 0 Å². The second-order valence-electron chi connectivity index (χ2n) is 6.03. The molecule has 0 aliphatic heterocycles. The molecular weight excluding hydrogens is 324 g/mol. The number of fused-ring (bicyclic) bond motifs is 1. The van der Waals surface area contributed by atoms with Crippen LogP contribution in [0.1, 0.15) is 16.2 Å². The molecule has 128 valence electrons. The molecule has 0 aliphatic rings. The molecule has 0 saturated heterocycles. The van der Waals surface area contributed by atoms with Gasteiger partial charge in [-0.1, -0.05) is 48.5 Å². The van der Waals surface area contributed by atoms with Crippen LogP contribution in [0.5, 0.6) is 0 Å². The highest BCUT2D eigenvalue weighted by atomic mass is 16.2. The fraction of sp³-hybridized carbons (Fsp3) is 0.0476. The summed E-state index contributed by atoms with van der Waals surface area (Å²) in [5.41, 5.74) is 6.82. The van der Waals surface area contributed by atoms with Gasteiger partial charge < -0.3 is 9.55 Å². The molecule has 4 aromatic rings. The van der Waals surface area contributed by atoms with E-state index in [9.17, 15) is 4.79 Å². The van der Waals surface area contributed by atoms with Crippen LogP contribution in [0.3, 0.4) is 0 Å². The lowest BCUT2D eigenvalue weighted by Crippen LogP contribution is -2.19. The van der Waals surface area contributed by atoms with Crippen molar-refractivity contribution in [2.75, 3.05) is 0 Å². The van der Waals surface area contributed by atoms with E-state index in [-0.39, 0.29) is 5.91 Å². The maximum absolute atomic E-state index is 12.8. The van der Waals surface area contributed by atoms with E-state index in [4.69, 9.17) is 0 Å². The maximum atomic E-state index is 12.8. The van der Waals surface area contributed by atoms with Gasteiger partial charge in [0.05, 0.1) is 11.9 Å². The first-order chi connectivity index (χ1) is 12.7. The van der Waals surface area contributed by atoms with Crippen LogP contribution in [-0.4, -0.2) is 21.7 Å². The molecule has 0 bridgehead atoms. The number of aryl methyl sites for hydroxylation is 1. The van der Waals surface area contributed by atoms with Crippen LogP contribution in [0.25, 0.3) is 22.0 Å². The van der Waals surface area contributed by atoms with Gasteiger partial charge in [-0.25, -0.2) is 5.43 Å². The number of para-hydroxylation sites is 1. The average molecular weight is 342 g/mol. The first-order valence-electron chi connectivity index (χ1n) is 8.35. The van der Waals surface area contributed by atoms with Gasteiger partial charge in [-0.2, -0.15) is 5.10 Å². The van der Waals surface area contributed by atoms with Crippen LogP contribution in [0.2, 0.25) is 0 Å². The van der Waals surface area contributed by atoms with Crippen LogP contribution in [0.15, 0.2) is 78.0 Å². The molecule has 1 amide bonds. The van der Waals surface area contributed by atoms with E-state index >= 15 is 0 Å². The highest BCUT2D eigenvalue weighted by molar-refractivity contribution is 6.09. The molecule has 2 aromatic carbocycles. The number of aromatic amines is 1. The van der Waals surface area contributed by atoms with Crippen molar-refractivity contribution < 1.29 is 4.79 Å². The van der Waals surface area contributed by atoms with Crippen molar-refractivity contribution in [2.24, 2.45) is 12.1 Å². The van der Waals surface area contributed by atoms with Gasteiger partial charge in [-0.3, -0.25) is 4.79 Å². The largest absolute Gasteiger partial charge is 0.350 e. The van der Waals surface area contributed by atoms with E-state index in [1.165, 1.54) is 0 Å². The normalized spacial score (nSPS) is 11.3. The molecule has 0 fully saturated rings. The molecule has 0 saturated carbocycles. The van der Waals surface area contributed by atoms with E-state index in [1.54, 1.807) is 6.21 Å². The van der Waals surface area contributed by atoms with Crippen molar-refractivity contribution >= 4 is 23.0 Å². The first-order valence-corrected chi connectivity index (χ1v) is 8.35. The summed E-state index contributed by atoms with van der Waals surface area (Å²) in [7, 11) is 1.92. The molecule has 0 radical (unpaired) electrons. The summed E-state index contributed by atoms with van der Waals surface area (Å²) in [5.74, 6) is -0.273. The molecule has 0 atom stereocenters. The second-order valence-corrected chi connectivity index (χ2v) is 6.03. The number of hydrazone groups is 1. The van der Waals surface area contributed by atoms with Crippen molar-refractivity contribution in [3.05, 3.63) is 84.3 Å². The fourth-order valence-corrected chi connectivity index (χ4v) is 3.04. The quantitative estimate of drug-likeness (QED) is 0.428. The Morgan fingerprint density at radius 1 is 1.04 bits per heavy atom. The molecule has 4 rings (SSSR count). The Kier molecular flexibility index (Phi) is 4.11. The van der Waals surface area contributed by atoms with Crippen molar-refractivity contribution in [2.45, 2.75) is 0 Å². The summed E-state index contributed by atoms with van der Waals surface area (Å²) >= 11 is 0. The number of carbonyl (C=O) groups is 1. The van der Waals surface area contributed by atoms with E-state index in [0.717, 1.165) is 27.7 Å². The minimum atomic E-state index is -0.273. The molecule has 5 nitrogen and oxygen atoms in total. The van der Waals surface area contributed by atoms with E-state index in [0.29, 0.717) is 5.69 Å². The van der Waals surface area contributed by atoms with Gasteiger partial charge in [0, 0.05) is 29.7 Å². The average Bonchev–Trinajstić information content (AvgIpc) is 3.26. The minimum Gasteiger partial charge on any atom is -0.350 e. The summed E-state index contributed by atoms with van der Waals surface area (Å²) in [6, 6.07) is 21.6. The minimum absolute atomic E-state index is 0.273. The predicted octanol–water partition coefficient (Wildman–Crippen LogP) is 3.94. The Balaban J connectivity index is 1.70. The van der Waals surface area contributed by atoms with E-state index in [1.807, 2.05) is 84.5 Å². The van der Waals surface area contributed by atoms with Gasteiger partial charge in [-0.05, 0) is 23.8 Å². The molecule has 26 heavy (non-hydrogen) atoms. The standard InChI is InChI=1S/C21H18N4O/c1-25-13-7-10-16(25)14-22-24-21(26)20-19(15-8-3-2-4-9-15)17-11-5-6-12-18(17)23-20/h2-14,23H,1H3,(H,24,26). The van der Waals surface area contributed by atoms with Gasteiger partial charge in [0.2, 0.25) is 0 Å². The van der Waals surface area contributed by atoms with Crippen LogP contribution < -0.4 is 5.43 Å². The van der Waals surface area contributed by atoms with Gasteiger partial charge in [-0.15, -0.1) is 0 Å². The van der Waals surface area contributed by atoms with Gasteiger partial charge in [0.15, 0.2) is 0 Å². The Morgan fingerprint density at radius 2 is 1.81 bits per heavy atom. The molecule has 5 heteroatoms. The van der Waals surface area contributed by atoms with Gasteiger partial charge >= 0.3 is 0 Å². The van der Waals surface area contributed by atoms with Crippen LogP contribution in [0, 0.1) is 0 Å². The Bertz CT molecular complexity index is 1090. The highest BCUT2D eigenvalue weighted by Crippen LogP contribution is 2.32. The third-order valence-electron chi connectivity index (χ3n) is 4.34. The number of aromatic nitrogens is 2. The number of rotatable bonds is 4. The molecule has 2 heterocycles. The summed E-state index contributed by atoms with van der Waals surface area (Å²) < 4.78 is 1.92. The van der Waals surface area contributed by atoms with Crippen LogP contribution >= 0.6 is 0 Å². The molecule has 2 aromatic heterocycles. The fourth-order valence-electron chi connectivity index (χ4n) is 3.04. The zero-order valence-corrected chi connectivity index (χ0v) is 14.3. The Morgan fingerprint density at radius 3 is 2.58 bits per heavy atom. The summed E-state index contributed by atoms with van der Waals surface area (Å²) in [5, 5.41) is 5.10. The SMILES string of the molecule is Cn1cccc1C=NNC(=O)c1[nH]c2ccccc2c1-c1ccccc1. The lowest BCUT2D eigenvalue weighted by molar-refractivity contribution is 0.0951. The number of carbonyl (C=O) groups excluding carboxylic acids is 1. The zero-order valence-electron chi connectivity index (χ0n) is 14.3. The molecule has 0 spiro atoms. The number of hydrogen-bond donors (Lipinski definition) is 2. The Labute approximate surface area is 151 Å². The maximum Gasteiger partial charge on any atom is 0.288 e. The van der Waals surface area contributed by atoms with Crippen molar-refractivity contribution in [3.8, 4) is 11.1 Å². The second kappa shape index (κ2) is 6.72. The lowest BCUT2D eigenvalue weighted by Gasteiger charge is -2.04. The first kappa shape index (κ1) is 15.9. The molecule has 0 unspecified atom stereocenters. The Hall–Kier alpha value is -3.60. The smallest absolute Gasteiger partial charge is 0.288 e. The third-order valence-corrected chi connectivity index (χ3v) is 4.34. The van der Waals surface area contributed by atoms with Gasteiger partial charge in [0.25, 0.3) is 5.91 Å². The summed E-state index contributed by atoms with van der Waals surface area (Å²) in [4.78, 5) is 16.0. The van der Waals surface area contributed by atoms with Gasteiger partial charge in [0.1, 0.15) is 5.69 Å². The monoisotopic (exact) mass is 342 g/mol. The lowest BCUT2D eigenvalue weighted by atomic mass is 10.0. The highest BCUT2D eigenvalue weighted by Gasteiger charge is 2.18. The molecule has 0 aliphatic carbocycles. The number of benzene rings is 2. The van der Waals surface area contributed by atoms with E-state index < -0.39 is 0 Å². The predicted molar refractivity (Wildman–Crippen MR) is 104 cm³/mol.